The molecule has 0 fully saturated rings. The van der Waals surface area contributed by atoms with Crippen LogP contribution in [0.1, 0.15) is 26.2 Å². The first-order valence-electron chi connectivity index (χ1n) is 6.12. The van der Waals surface area contributed by atoms with Crippen molar-refractivity contribution in [2.24, 2.45) is 0 Å². The van der Waals surface area contributed by atoms with E-state index in [0.29, 0.717) is 6.54 Å². The monoisotopic (exact) mass is 239 g/mol. The predicted molar refractivity (Wildman–Crippen MR) is 65.8 cm³/mol. The van der Waals surface area contributed by atoms with E-state index in [1.54, 1.807) is 12.5 Å². The fourth-order valence-electron chi connectivity index (χ4n) is 1.80. The van der Waals surface area contributed by atoms with Crippen LogP contribution in [0.4, 0.5) is 0 Å². The summed E-state index contributed by atoms with van der Waals surface area (Å²) in [6.07, 6.45) is 7.84. The standard InChI is InChI=1S/C12H21N3O2/c1-2-6-14(9-4-12(16)17)7-3-8-15-10-5-13-11-15/h5,10-11H,2-4,6-9H2,1H3,(H,16,17). The molecule has 0 aliphatic rings. The van der Waals surface area contributed by atoms with Gasteiger partial charge in [0.05, 0.1) is 12.7 Å². The molecule has 0 saturated heterocycles. The molecular weight excluding hydrogens is 218 g/mol. The molecule has 0 atom stereocenters. The Morgan fingerprint density at radius 2 is 2.24 bits per heavy atom. The van der Waals surface area contributed by atoms with Crippen LogP contribution >= 0.6 is 0 Å². The van der Waals surface area contributed by atoms with E-state index < -0.39 is 5.97 Å². The smallest absolute Gasteiger partial charge is 0.304 e. The molecule has 0 aromatic carbocycles. The fraction of sp³-hybridized carbons (Fsp3) is 0.667. The molecule has 0 spiro atoms. The number of imidazole rings is 1. The third-order valence-corrected chi connectivity index (χ3v) is 2.63. The van der Waals surface area contributed by atoms with Crippen molar-refractivity contribution in [3.05, 3.63) is 18.7 Å². The van der Waals surface area contributed by atoms with E-state index in [9.17, 15) is 4.79 Å². The van der Waals surface area contributed by atoms with Crippen LogP contribution in [-0.4, -0.2) is 45.2 Å². The SMILES string of the molecule is CCCN(CCCn1ccnc1)CCC(=O)O. The van der Waals surface area contributed by atoms with E-state index in [4.69, 9.17) is 5.11 Å². The number of nitrogens with zero attached hydrogens (tertiary/aromatic N) is 3. The number of rotatable bonds is 9. The van der Waals surface area contributed by atoms with Gasteiger partial charge in [-0.2, -0.15) is 0 Å². The molecule has 1 heterocycles. The molecule has 5 nitrogen and oxygen atoms in total. The van der Waals surface area contributed by atoms with Crippen molar-refractivity contribution in [1.29, 1.82) is 0 Å². The minimum atomic E-state index is -0.722. The van der Waals surface area contributed by atoms with Crippen LogP contribution in [0.15, 0.2) is 18.7 Å². The van der Waals surface area contributed by atoms with Crippen LogP contribution in [0, 0.1) is 0 Å². The van der Waals surface area contributed by atoms with Crippen molar-refractivity contribution in [2.45, 2.75) is 32.7 Å². The highest BCUT2D eigenvalue weighted by molar-refractivity contribution is 5.66. The Morgan fingerprint density at radius 3 is 2.82 bits per heavy atom. The summed E-state index contributed by atoms with van der Waals surface area (Å²) in [5.74, 6) is -0.722. The lowest BCUT2D eigenvalue weighted by molar-refractivity contribution is -0.137. The lowest BCUT2D eigenvalue weighted by Gasteiger charge is -2.20. The van der Waals surface area contributed by atoms with Gasteiger partial charge in [-0.25, -0.2) is 4.98 Å². The predicted octanol–water partition coefficient (Wildman–Crippen LogP) is 1.46. The average molecular weight is 239 g/mol. The number of carboxylic acid groups (broad SMARTS) is 1. The van der Waals surface area contributed by atoms with E-state index in [-0.39, 0.29) is 6.42 Å². The summed E-state index contributed by atoms with van der Waals surface area (Å²) in [7, 11) is 0. The van der Waals surface area contributed by atoms with Crippen molar-refractivity contribution in [3.63, 3.8) is 0 Å². The molecule has 1 N–H and O–H groups in total. The second-order valence-corrected chi connectivity index (χ2v) is 4.14. The van der Waals surface area contributed by atoms with Gasteiger partial charge < -0.3 is 14.6 Å². The molecule has 1 rings (SSSR count). The Balaban J connectivity index is 2.21. The van der Waals surface area contributed by atoms with Gasteiger partial charge in [-0.15, -0.1) is 0 Å². The summed E-state index contributed by atoms with van der Waals surface area (Å²) < 4.78 is 2.04. The fourth-order valence-corrected chi connectivity index (χ4v) is 1.80. The number of aromatic nitrogens is 2. The summed E-state index contributed by atoms with van der Waals surface area (Å²) >= 11 is 0. The van der Waals surface area contributed by atoms with Crippen molar-refractivity contribution in [3.8, 4) is 0 Å². The first kappa shape index (κ1) is 13.7. The number of hydrogen-bond donors (Lipinski definition) is 1. The maximum atomic E-state index is 10.5. The quantitative estimate of drug-likeness (QED) is 0.708. The summed E-state index contributed by atoms with van der Waals surface area (Å²) in [6.45, 7) is 5.61. The highest BCUT2D eigenvalue weighted by Crippen LogP contribution is 1.99. The molecule has 0 aliphatic heterocycles. The van der Waals surface area contributed by atoms with Gasteiger partial charge in [-0.1, -0.05) is 6.92 Å². The summed E-state index contributed by atoms with van der Waals surface area (Å²) in [6, 6.07) is 0. The average Bonchev–Trinajstić information content (AvgIpc) is 2.78. The summed E-state index contributed by atoms with van der Waals surface area (Å²) in [5.41, 5.74) is 0. The summed E-state index contributed by atoms with van der Waals surface area (Å²) in [5, 5.41) is 8.67. The van der Waals surface area contributed by atoms with Crippen molar-refractivity contribution < 1.29 is 9.90 Å². The van der Waals surface area contributed by atoms with E-state index in [0.717, 1.165) is 32.5 Å². The number of hydrogen-bond acceptors (Lipinski definition) is 3. The Bertz CT molecular complexity index is 312. The maximum absolute atomic E-state index is 10.5. The molecule has 0 saturated carbocycles. The topological polar surface area (TPSA) is 58.4 Å². The number of aliphatic carboxylic acids is 1. The van der Waals surface area contributed by atoms with Crippen LogP contribution < -0.4 is 0 Å². The second-order valence-electron chi connectivity index (χ2n) is 4.14. The molecule has 0 radical (unpaired) electrons. The lowest BCUT2D eigenvalue weighted by Crippen LogP contribution is -2.29. The van der Waals surface area contributed by atoms with Gasteiger partial charge in [-0.3, -0.25) is 4.79 Å². The third-order valence-electron chi connectivity index (χ3n) is 2.63. The zero-order chi connectivity index (χ0) is 12.5. The number of carboxylic acids is 1. The number of aryl methyl sites for hydroxylation is 1. The molecule has 1 aromatic heterocycles. The molecule has 0 unspecified atom stereocenters. The molecule has 17 heavy (non-hydrogen) atoms. The van der Waals surface area contributed by atoms with Gasteiger partial charge in [0.25, 0.3) is 0 Å². The largest absolute Gasteiger partial charge is 0.481 e. The van der Waals surface area contributed by atoms with Crippen LogP contribution in [-0.2, 0) is 11.3 Å². The highest BCUT2D eigenvalue weighted by atomic mass is 16.4. The minimum Gasteiger partial charge on any atom is -0.481 e. The van der Waals surface area contributed by atoms with E-state index in [2.05, 4.69) is 16.8 Å². The van der Waals surface area contributed by atoms with E-state index in [1.807, 2.05) is 10.8 Å². The van der Waals surface area contributed by atoms with Gasteiger partial charge >= 0.3 is 5.97 Å². The molecule has 1 aromatic rings. The Kier molecular flexibility index (Phi) is 6.32. The lowest BCUT2D eigenvalue weighted by atomic mass is 10.3. The molecule has 0 amide bonds. The minimum absolute atomic E-state index is 0.227. The Hall–Kier alpha value is -1.36. The zero-order valence-corrected chi connectivity index (χ0v) is 10.4. The van der Waals surface area contributed by atoms with E-state index >= 15 is 0 Å². The van der Waals surface area contributed by atoms with Gasteiger partial charge in [0, 0.05) is 25.5 Å². The zero-order valence-electron chi connectivity index (χ0n) is 10.4. The Labute approximate surface area is 102 Å². The molecule has 96 valence electrons. The second kappa shape index (κ2) is 7.84. The first-order valence-corrected chi connectivity index (χ1v) is 6.12. The third kappa shape index (κ3) is 6.06. The Morgan fingerprint density at radius 1 is 1.41 bits per heavy atom. The normalized spacial score (nSPS) is 10.9. The molecular formula is C12H21N3O2. The van der Waals surface area contributed by atoms with Crippen LogP contribution in [0.3, 0.4) is 0 Å². The van der Waals surface area contributed by atoms with E-state index in [1.165, 1.54) is 0 Å². The highest BCUT2D eigenvalue weighted by Gasteiger charge is 2.06. The number of carbonyl (C=O) groups is 1. The van der Waals surface area contributed by atoms with Crippen molar-refractivity contribution in [1.82, 2.24) is 14.5 Å². The van der Waals surface area contributed by atoms with Gasteiger partial charge in [0.15, 0.2) is 0 Å². The molecule has 0 aliphatic carbocycles. The van der Waals surface area contributed by atoms with Crippen LogP contribution in [0.2, 0.25) is 0 Å². The first-order chi connectivity index (χ1) is 8.22. The van der Waals surface area contributed by atoms with Crippen molar-refractivity contribution in [2.75, 3.05) is 19.6 Å². The molecule has 5 heteroatoms. The van der Waals surface area contributed by atoms with Crippen molar-refractivity contribution >= 4 is 5.97 Å². The van der Waals surface area contributed by atoms with Gasteiger partial charge in [-0.05, 0) is 25.9 Å². The summed E-state index contributed by atoms with van der Waals surface area (Å²) in [4.78, 5) is 16.7. The molecule has 0 bridgehead atoms. The van der Waals surface area contributed by atoms with Crippen LogP contribution in [0.25, 0.3) is 0 Å². The van der Waals surface area contributed by atoms with Gasteiger partial charge in [0.1, 0.15) is 0 Å². The van der Waals surface area contributed by atoms with Gasteiger partial charge in [0.2, 0.25) is 0 Å². The van der Waals surface area contributed by atoms with Crippen LogP contribution in [0.5, 0.6) is 0 Å². The maximum Gasteiger partial charge on any atom is 0.304 e.